The Labute approximate surface area is 207 Å². The van der Waals surface area contributed by atoms with Crippen LogP contribution in [0.4, 0.5) is 0 Å². The highest BCUT2D eigenvalue weighted by Gasteiger charge is 2.07. The maximum Gasteiger partial charge on any atom is 0.0765 e. The fraction of sp³-hybridized carbons (Fsp3) is 0.407. The van der Waals surface area contributed by atoms with Crippen LogP contribution in [0.25, 0.3) is 0 Å². The predicted molar refractivity (Wildman–Crippen MR) is 138 cm³/mol. The molecule has 0 amide bonds. The summed E-state index contributed by atoms with van der Waals surface area (Å²) in [5.41, 5.74) is 6.77. The molecule has 0 spiro atoms. The van der Waals surface area contributed by atoms with E-state index in [1.165, 1.54) is 11.4 Å². The van der Waals surface area contributed by atoms with Gasteiger partial charge in [0, 0.05) is 87.3 Å². The molecule has 8 heteroatoms. The van der Waals surface area contributed by atoms with Crippen molar-refractivity contribution < 1.29 is 0 Å². The molecule has 2 N–H and O–H groups in total. The summed E-state index contributed by atoms with van der Waals surface area (Å²) in [4.78, 5) is 8.73. The molecule has 0 aliphatic heterocycles. The molecule has 0 saturated carbocycles. The molecule has 0 aliphatic carbocycles. The molecule has 0 saturated heterocycles. The van der Waals surface area contributed by atoms with Crippen molar-refractivity contribution in [1.29, 1.82) is 0 Å². The van der Waals surface area contributed by atoms with Gasteiger partial charge in [-0.3, -0.25) is 19.3 Å². The summed E-state index contributed by atoms with van der Waals surface area (Å²) in [5, 5.41) is 16.5. The molecule has 184 valence electrons. The van der Waals surface area contributed by atoms with Crippen LogP contribution in [0.3, 0.4) is 0 Å². The molecule has 0 radical (unpaired) electrons. The van der Waals surface area contributed by atoms with Crippen molar-refractivity contribution in [3.63, 3.8) is 0 Å². The number of aromatic nitrogens is 6. The Morgan fingerprint density at radius 3 is 1.57 bits per heavy atom. The minimum absolute atomic E-state index is 0.773. The van der Waals surface area contributed by atoms with Crippen molar-refractivity contribution in [3.8, 4) is 0 Å². The molecule has 8 nitrogen and oxygen atoms in total. The predicted octanol–water partition coefficient (Wildman–Crippen LogP) is 3.24. The summed E-state index contributed by atoms with van der Waals surface area (Å²) in [7, 11) is 0. The highest BCUT2D eigenvalue weighted by molar-refractivity contribution is 5.10. The molecule has 4 heterocycles. The molecule has 0 bridgehead atoms. The summed E-state index contributed by atoms with van der Waals surface area (Å²) in [6.45, 7) is 9.35. The smallest absolute Gasteiger partial charge is 0.0765 e. The molecule has 0 aliphatic rings. The number of nitrogens with one attached hydrogen (secondary N) is 2. The van der Waals surface area contributed by atoms with Crippen molar-refractivity contribution in [3.05, 3.63) is 95.1 Å². The van der Waals surface area contributed by atoms with Crippen molar-refractivity contribution >= 4 is 0 Å². The van der Waals surface area contributed by atoms with Crippen molar-refractivity contribution in [1.82, 2.24) is 40.2 Å². The third-order valence-electron chi connectivity index (χ3n) is 5.98. The van der Waals surface area contributed by atoms with Gasteiger partial charge < -0.3 is 10.6 Å². The molecule has 4 rings (SSSR count). The van der Waals surface area contributed by atoms with Crippen LogP contribution < -0.4 is 10.6 Å². The van der Waals surface area contributed by atoms with Crippen LogP contribution in [0, 0.1) is 13.8 Å². The topological polar surface area (TPSA) is 85.5 Å². The van der Waals surface area contributed by atoms with E-state index in [1.54, 1.807) is 0 Å². The minimum atomic E-state index is 0.773. The van der Waals surface area contributed by atoms with E-state index < -0.39 is 0 Å². The Hall–Kier alpha value is -3.36. The fourth-order valence-electron chi connectivity index (χ4n) is 4.11. The third-order valence-corrected chi connectivity index (χ3v) is 5.98. The first-order chi connectivity index (χ1) is 17.2. The Kier molecular flexibility index (Phi) is 9.14. The molecule has 0 fully saturated rings. The molecule has 0 unspecified atom stereocenters. The summed E-state index contributed by atoms with van der Waals surface area (Å²) in [5.74, 6) is 0. The summed E-state index contributed by atoms with van der Waals surface area (Å²) >= 11 is 0. The maximum atomic E-state index is 4.78. The third kappa shape index (κ3) is 7.83. The molecule has 4 aromatic heterocycles. The van der Waals surface area contributed by atoms with Crippen LogP contribution in [-0.2, 0) is 39.0 Å². The first-order valence-corrected chi connectivity index (χ1v) is 12.5. The lowest BCUT2D eigenvalue weighted by atomic mass is 10.2. The minimum Gasteiger partial charge on any atom is -0.311 e. The van der Waals surface area contributed by atoms with E-state index in [0.29, 0.717) is 0 Å². The van der Waals surface area contributed by atoms with Gasteiger partial charge in [0.25, 0.3) is 0 Å². The van der Waals surface area contributed by atoms with Crippen molar-refractivity contribution in [2.45, 2.75) is 59.3 Å². The van der Waals surface area contributed by atoms with E-state index in [1.807, 2.05) is 36.7 Å². The van der Waals surface area contributed by atoms with Crippen LogP contribution >= 0.6 is 0 Å². The molecule has 35 heavy (non-hydrogen) atoms. The van der Waals surface area contributed by atoms with Gasteiger partial charge in [-0.05, 0) is 56.7 Å². The fourth-order valence-corrected chi connectivity index (χ4v) is 4.11. The van der Waals surface area contributed by atoms with Crippen LogP contribution in [0.1, 0.15) is 40.6 Å². The van der Waals surface area contributed by atoms with Gasteiger partial charge in [0.05, 0.1) is 11.4 Å². The molecule has 0 aromatic carbocycles. The monoisotopic (exact) mass is 472 g/mol. The SMILES string of the molecule is Cc1cc(CNCCc2ccccn2)nn1CCCn1nc(CNCCc2ccccn2)cc1C. The van der Waals surface area contributed by atoms with E-state index in [4.69, 9.17) is 10.2 Å². The van der Waals surface area contributed by atoms with Gasteiger partial charge in [-0.25, -0.2) is 0 Å². The highest BCUT2D eigenvalue weighted by Crippen LogP contribution is 2.08. The number of hydrogen-bond donors (Lipinski definition) is 2. The second-order valence-electron chi connectivity index (χ2n) is 8.85. The van der Waals surface area contributed by atoms with Crippen LogP contribution in [0.5, 0.6) is 0 Å². The zero-order chi connectivity index (χ0) is 24.3. The van der Waals surface area contributed by atoms with Crippen molar-refractivity contribution in [2.75, 3.05) is 13.1 Å². The molecular formula is C27H36N8. The van der Waals surface area contributed by atoms with Crippen LogP contribution in [-0.4, -0.2) is 42.6 Å². The first kappa shape index (κ1) is 24.8. The van der Waals surface area contributed by atoms with E-state index in [-0.39, 0.29) is 0 Å². The zero-order valence-corrected chi connectivity index (χ0v) is 20.8. The normalized spacial score (nSPS) is 11.3. The summed E-state index contributed by atoms with van der Waals surface area (Å²) in [6.07, 6.45) is 6.52. The first-order valence-electron chi connectivity index (χ1n) is 12.5. The Bertz CT molecular complexity index is 1060. The quantitative estimate of drug-likeness (QED) is 0.274. The number of pyridine rings is 2. The van der Waals surface area contributed by atoms with Crippen LogP contribution in [0.15, 0.2) is 60.9 Å². The Balaban J connectivity index is 1.15. The van der Waals surface area contributed by atoms with Gasteiger partial charge in [0.2, 0.25) is 0 Å². The maximum absolute atomic E-state index is 4.78. The molecule has 4 aromatic rings. The zero-order valence-electron chi connectivity index (χ0n) is 20.8. The second-order valence-corrected chi connectivity index (χ2v) is 8.85. The number of aryl methyl sites for hydroxylation is 4. The number of hydrogen-bond acceptors (Lipinski definition) is 6. The summed E-state index contributed by atoms with van der Waals surface area (Å²) < 4.78 is 4.21. The van der Waals surface area contributed by atoms with Crippen LogP contribution in [0.2, 0.25) is 0 Å². The second kappa shape index (κ2) is 12.9. The molecular weight excluding hydrogens is 436 g/mol. The Morgan fingerprint density at radius 1 is 0.657 bits per heavy atom. The number of nitrogens with zero attached hydrogens (tertiary/aromatic N) is 6. The largest absolute Gasteiger partial charge is 0.311 e. The van der Waals surface area contributed by atoms with Gasteiger partial charge >= 0.3 is 0 Å². The van der Waals surface area contributed by atoms with Gasteiger partial charge in [-0.1, -0.05) is 12.1 Å². The average Bonchev–Trinajstić information content (AvgIpc) is 3.42. The standard InChI is InChI=1S/C27H36N8/c1-22-18-26(20-28-14-10-24-8-3-5-12-30-24)32-34(22)16-7-17-35-23(2)19-27(33-35)21-29-15-11-25-9-4-6-13-31-25/h3-6,8-9,12-13,18-19,28-29H,7,10-11,14-17,20-21H2,1-2H3. The lowest BCUT2D eigenvalue weighted by Gasteiger charge is -2.07. The lowest BCUT2D eigenvalue weighted by molar-refractivity contribution is 0.481. The number of rotatable bonds is 14. The van der Waals surface area contributed by atoms with E-state index in [2.05, 4.69) is 68.1 Å². The van der Waals surface area contributed by atoms with E-state index in [0.717, 1.165) is 81.3 Å². The van der Waals surface area contributed by atoms with Gasteiger partial charge in [-0.2, -0.15) is 10.2 Å². The van der Waals surface area contributed by atoms with Gasteiger partial charge in [0.1, 0.15) is 0 Å². The van der Waals surface area contributed by atoms with E-state index >= 15 is 0 Å². The lowest BCUT2D eigenvalue weighted by Crippen LogP contribution is -2.18. The van der Waals surface area contributed by atoms with Gasteiger partial charge in [0.15, 0.2) is 0 Å². The summed E-state index contributed by atoms with van der Waals surface area (Å²) in [6, 6.07) is 16.4. The van der Waals surface area contributed by atoms with Crippen molar-refractivity contribution in [2.24, 2.45) is 0 Å². The van der Waals surface area contributed by atoms with Gasteiger partial charge in [-0.15, -0.1) is 0 Å². The average molecular weight is 473 g/mol. The van der Waals surface area contributed by atoms with E-state index in [9.17, 15) is 0 Å². The Morgan fingerprint density at radius 2 is 1.14 bits per heavy atom. The molecule has 0 atom stereocenters. The highest BCUT2D eigenvalue weighted by atomic mass is 15.3.